The van der Waals surface area contributed by atoms with Crippen LogP contribution in [0.25, 0.3) is 0 Å². The van der Waals surface area contributed by atoms with Crippen LogP contribution in [0.15, 0.2) is 0 Å². The van der Waals surface area contributed by atoms with E-state index in [-0.39, 0.29) is 0 Å². The van der Waals surface area contributed by atoms with Crippen molar-refractivity contribution in [3.05, 3.63) is 0 Å². The van der Waals surface area contributed by atoms with Gasteiger partial charge in [0.15, 0.2) is 0 Å². The van der Waals surface area contributed by atoms with Gasteiger partial charge in [-0.15, -0.1) is 0 Å². The van der Waals surface area contributed by atoms with Crippen molar-refractivity contribution in [2.24, 2.45) is 5.41 Å². The molecule has 3 rings (SSSR count). The number of hydrogen-bond acceptors (Lipinski definition) is 2. The molecule has 0 aromatic carbocycles. The molecule has 2 aliphatic heterocycles. The molecule has 2 saturated heterocycles. The van der Waals surface area contributed by atoms with E-state index < -0.39 is 0 Å². The van der Waals surface area contributed by atoms with Crippen LogP contribution >= 0.6 is 0 Å². The molecule has 2 nitrogen and oxygen atoms in total. The summed E-state index contributed by atoms with van der Waals surface area (Å²) in [6.07, 6.45) is 5.96. The van der Waals surface area contributed by atoms with Crippen molar-refractivity contribution in [2.45, 2.75) is 38.6 Å². The minimum absolute atomic E-state index is 0.819. The van der Waals surface area contributed by atoms with Crippen LogP contribution < -0.4 is 0 Å². The highest BCUT2D eigenvalue weighted by Gasteiger charge is 2.49. The summed E-state index contributed by atoms with van der Waals surface area (Å²) >= 11 is 0. The third-order valence-corrected chi connectivity index (χ3v) is 4.70. The second-order valence-electron chi connectivity index (χ2n) is 5.59. The van der Waals surface area contributed by atoms with Gasteiger partial charge in [-0.25, -0.2) is 0 Å². The summed E-state index contributed by atoms with van der Waals surface area (Å²) in [4.78, 5) is 5.34. The van der Waals surface area contributed by atoms with Gasteiger partial charge in [0.05, 0.1) is 0 Å². The van der Waals surface area contributed by atoms with Gasteiger partial charge >= 0.3 is 0 Å². The first-order chi connectivity index (χ1) is 6.81. The van der Waals surface area contributed by atoms with E-state index in [9.17, 15) is 0 Å². The second-order valence-corrected chi connectivity index (χ2v) is 5.59. The zero-order chi connectivity index (χ0) is 9.60. The highest BCUT2D eigenvalue weighted by Crippen LogP contribution is 2.49. The van der Waals surface area contributed by atoms with Crippen LogP contribution in [0.5, 0.6) is 0 Å². The quantitative estimate of drug-likeness (QED) is 0.658. The smallest absolute Gasteiger partial charge is 0.0235 e. The van der Waals surface area contributed by atoms with Crippen LogP contribution in [0.2, 0.25) is 0 Å². The van der Waals surface area contributed by atoms with Crippen LogP contribution in [0.1, 0.15) is 32.6 Å². The predicted octanol–water partition coefficient (Wildman–Crippen LogP) is 1.57. The lowest BCUT2D eigenvalue weighted by molar-refractivity contribution is -0.0804. The molecule has 2 heterocycles. The maximum absolute atomic E-state index is 2.74. The van der Waals surface area contributed by atoms with Gasteiger partial charge < -0.3 is 4.90 Å². The van der Waals surface area contributed by atoms with E-state index >= 15 is 0 Å². The Hall–Kier alpha value is -0.0800. The molecule has 1 atom stereocenters. The lowest BCUT2D eigenvalue weighted by atomic mass is 9.63. The first kappa shape index (κ1) is 9.17. The number of nitrogens with zero attached hydrogens (tertiary/aromatic N) is 2. The topological polar surface area (TPSA) is 6.48 Å². The molecule has 2 heteroatoms. The normalized spacial score (nSPS) is 37.1. The van der Waals surface area contributed by atoms with Crippen molar-refractivity contribution in [1.82, 2.24) is 9.80 Å². The summed E-state index contributed by atoms with van der Waals surface area (Å²) in [7, 11) is 0. The average molecular weight is 194 g/mol. The lowest BCUT2D eigenvalue weighted by Crippen LogP contribution is -2.62. The van der Waals surface area contributed by atoms with Gasteiger partial charge in [0.25, 0.3) is 0 Å². The molecule has 0 radical (unpaired) electrons. The molecule has 1 saturated carbocycles. The molecule has 1 spiro atoms. The van der Waals surface area contributed by atoms with Crippen molar-refractivity contribution in [3.8, 4) is 0 Å². The lowest BCUT2D eigenvalue weighted by Gasteiger charge is -2.58. The van der Waals surface area contributed by atoms with Crippen LogP contribution in [0, 0.1) is 5.41 Å². The Morgan fingerprint density at radius 3 is 2.57 bits per heavy atom. The fourth-order valence-electron chi connectivity index (χ4n) is 3.46. The second kappa shape index (κ2) is 3.21. The molecule has 14 heavy (non-hydrogen) atoms. The molecule has 1 aliphatic carbocycles. The van der Waals surface area contributed by atoms with Crippen molar-refractivity contribution in [2.75, 3.05) is 32.7 Å². The summed E-state index contributed by atoms with van der Waals surface area (Å²) in [5.74, 6) is 0. The van der Waals surface area contributed by atoms with Gasteiger partial charge in [0.1, 0.15) is 0 Å². The van der Waals surface area contributed by atoms with Gasteiger partial charge in [-0.05, 0) is 37.8 Å². The largest absolute Gasteiger partial charge is 0.302 e. The summed E-state index contributed by atoms with van der Waals surface area (Å²) in [6, 6.07) is 0.904. The molecule has 3 aliphatic rings. The Morgan fingerprint density at radius 1 is 1.29 bits per heavy atom. The molecular formula is C12H22N2. The number of likely N-dealkylation sites (N-methyl/N-ethyl adjacent to an activating group) is 1. The standard InChI is InChI=1S/C12H22N2/c1-2-13-7-4-11(8-13)14-9-12(10-14)5-3-6-12/h11H,2-10H2,1H3. The Bertz CT molecular complexity index is 214. The zero-order valence-electron chi connectivity index (χ0n) is 9.34. The number of likely N-dealkylation sites (tertiary alicyclic amines) is 2. The highest BCUT2D eigenvalue weighted by molar-refractivity contribution is 5.03. The zero-order valence-corrected chi connectivity index (χ0v) is 9.34. The fraction of sp³-hybridized carbons (Fsp3) is 1.00. The maximum atomic E-state index is 2.74. The molecule has 0 aromatic heterocycles. The molecule has 0 N–H and O–H groups in total. The van der Waals surface area contributed by atoms with Crippen molar-refractivity contribution >= 4 is 0 Å². The maximum Gasteiger partial charge on any atom is 0.0235 e. The molecule has 80 valence electrons. The first-order valence-electron chi connectivity index (χ1n) is 6.28. The van der Waals surface area contributed by atoms with E-state index in [2.05, 4.69) is 16.7 Å². The molecule has 0 amide bonds. The van der Waals surface area contributed by atoms with Gasteiger partial charge in [-0.2, -0.15) is 0 Å². The molecular weight excluding hydrogens is 172 g/mol. The predicted molar refractivity (Wildman–Crippen MR) is 58.4 cm³/mol. The van der Waals surface area contributed by atoms with Gasteiger partial charge in [-0.3, -0.25) is 4.90 Å². The summed E-state index contributed by atoms with van der Waals surface area (Å²) in [5, 5.41) is 0. The summed E-state index contributed by atoms with van der Waals surface area (Å²) in [6.45, 7) is 9.06. The fourth-order valence-corrected chi connectivity index (χ4v) is 3.46. The minimum Gasteiger partial charge on any atom is -0.302 e. The molecule has 3 fully saturated rings. The summed E-state index contributed by atoms with van der Waals surface area (Å²) in [5.41, 5.74) is 0.819. The van der Waals surface area contributed by atoms with E-state index in [1.54, 1.807) is 0 Å². The van der Waals surface area contributed by atoms with E-state index in [0.717, 1.165) is 11.5 Å². The van der Waals surface area contributed by atoms with Crippen LogP contribution in [0.3, 0.4) is 0 Å². The van der Waals surface area contributed by atoms with Crippen molar-refractivity contribution < 1.29 is 0 Å². The van der Waals surface area contributed by atoms with Gasteiger partial charge in [-0.1, -0.05) is 13.3 Å². The first-order valence-corrected chi connectivity index (χ1v) is 6.28. The molecule has 0 aromatic rings. The third kappa shape index (κ3) is 1.31. The minimum atomic E-state index is 0.819. The van der Waals surface area contributed by atoms with E-state index in [0.29, 0.717) is 0 Å². The highest BCUT2D eigenvalue weighted by atomic mass is 15.3. The van der Waals surface area contributed by atoms with Gasteiger partial charge in [0.2, 0.25) is 0 Å². The average Bonchev–Trinajstić information content (AvgIpc) is 2.47. The monoisotopic (exact) mass is 194 g/mol. The van der Waals surface area contributed by atoms with E-state index in [4.69, 9.17) is 0 Å². The Morgan fingerprint density at radius 2 is 2.07 bits per heavy atom. The van der Waals surface area contributed by atoms with E-state index in [1.165, 1.54) is 58.4 Å². The molecule has 1 unspecified atom stereocenters. The van der Waals surface area contributed by atoms with Crippen molar-refractivity contribution in [3.63, 3.8) is 0 Å². The van der Waals surface area contributed by atoms with Crippen LogP contribution in [-0.2, 0) is 0 Å². The van der Waals surface area contributed by atoms with Crippen LogP contribution in [-0.4, -0.2) is 48.6 Å². The Kier molecular flexibility index (Phi) is 2.10. The van der Waals surface area contributed by atoms with Crippen molar-refractivity contribution in [1.29, 1.82) is 0 Å². The third-order valence-electron chi connectivity index (χ3n) is 4.70. The number of rotatable bonds is 2. The van der Waals surface area contributed by atoms with E-state index in [1.807, 2.05) is 0 Å². The summed E-state index contributed by atoms with van der Waals surface area (Å²) < 4.78 is 0. The number of hydrogen-bond donors (Lipinski definition) is 0. The SMILES string of the molecule is CCN1CCC(N2CC3(CCC3)C2)C1. The van der Waals surface area contributed by atoms with Crippen LogP contribution in [0.4, 0.5) is 0 Å². The Labute approximate surface area is 87.3 Å². The van der Waals surface area contributed by atoms with Gasteiger partial charge in [0, 0.05) is 25.7 Å². The Balaban J connectivity index is 1.50. The molecule has 0 bridgehead atoms.